The Morgan fingerprint density at radius 3 is 2.35 bits per heavy atom. The topological polar surface area (TPSA) is 239 Å². The van der Waals surface area contributed by atoms with E-state index >= 15 is 0 Å². The van der Waals surface area contributed by atoms with Crippen molar-refractivity contribution >= 4 is 59.5 Å². The summed E-state index contributed by atoms with van der Waals surface area (Å²) < 4.78 is 105. The van der Waals surface area contributed by atoms with E-state index in [1.165, 1.54) is 24.4 Å². The van der Waals surface area contributed by atoms with Gasteiger partial charge in [-0.1, -0.05) is 29.9 Å². The van der Waals surface area contributed by atoms with Crippen LogP contribution in [0.15, 0.2) is 105 Å². The lowest BCUT2D eigenvalue weighted by Crippen LogP contribution is -2.33. The van der Waals surface area contributed by atoms with E-state index in [2.05, 4.69) is 4.33 Å². The minimum Gasteiger partial charge on any atom is -0.510 e. The Balaban J connectivity index is 1.37. The van der Waals surface area contributed by atoms with Gasteiger partial charge in [-0.15, -0.1) is 0 Å². The van der Waals surface area contributed by atoms with Gasteiger partial charge in [-0.2, -0.15) is 34.2 Å². The van der Waals surface area contributed by atoms with Gasteiger partial charge < -0.3 is 15.1 Å². The standard InChI is InChI=1S/C36H40N2O13S4/c1-22(4-6-23-12-14-35(2)29-16-27(52-51-41)8-10-31(29)37(33(23)35)18-25(39)20-53(42,43)44)5-7-24-13-15-36(3)30-17-28(55(48,49)50)9-11-32(30)38(34(24)36)19-26(40)21-54(45,46)47/h4-11,16-18,26,40H,12-15,19-21H2,1-3H3,(H4-,39,41,42,43,44,45,46,47,48,49,50)/p+1/b25-18+. The molecule has 0 amide bonds. The molecule has 2 aliphatic carbocycles. The molecular weight excluding hydrogens is 797 g/mol. The maximum absolute atomic E-state index is 12.0. The van der Waals surface area contributed by atoms with E-state index in [0.29, 0.717) is 47.5 Å². The molecule has 3 unspecified atom stereocenters. The highest BCUT2D eigenvalue weighted by molar-refractivity contribution is 7.94. The van der Waals surface area contributed by atoms with E-state index in [9.17, 15) is 49.1 Å². The predicted molar refractivity (Wildman–Crippen MR) is 205 cm³/mol. The lowest BCUT2D eigenvalue weighted by molar-refractivity contribution is -0.448. The first-order chi connectivity index (χ1) is 25.5. The quantitative estimate of drug-likeness (QED) is 0.0283. The Labute approximate surface area is 323 Å². The zero-order valence-electron chi connectivity index (χ0n) is 29.9. The highest BCUT2D eigenvalue weighted by Gasteiger charge is 2.54. The van der Waals surface area contributed by atoms with Crippen molar-refractivity contribution in [3.05, 3.63) is 106 Å². The number of benzene rings is 2. The summed E-state index contributed by atoms with van der Waals surface area (Å²) in [5.41, 5.74) is 5.50. The van der Waals surface area contributed by atoms with Crippen molar-refractivity contribution in [1.82, 2.24) is 0 Å². The minimum absolute atomic E-state index is 0.209. The van der Waals surface area contributed by atoms with Gasteiger partial charge in [-0.05, 0) is 87.9 Å². The molecule has 0 aromatic heterocycles. The van der Waals surface area contributed by atoms with Crippen LogP contribution in [-0.2, 0) is 45.5 Å². The normalized spacial score (nSPS) is 24.3. The van der Waals surface area contributed by atoms with Crippen LogP contribution in [0.4, 0.5) is 11.4 Å². The number of nitrogens with zero attached hydrogens (tertiary/aromatic N) is 2. The van der Waals surface area contributed by atoms with Crippen molar-refractivity contribution in [3.8, 4) is 0 Å². The van der Waals surface area contributed by atoms with E-state index in [4.69, 9.17) is 5.26 Å². The number of allylic oxidation sites excluding steroid dienone is 8. The largest absolute Gasteiger partial charge is 0.510 e. The lowest BCUT2D eigenvalue weighted by Gasteiger charge is -2.24. The SMILES string of the molecule is CC(/C=C/C1=C2N(/C=C(/O)CS(=O)(=O)O)c3ccc(SOO)cc3C2(C)CC1)=C\C=C1/CCC2(C)C1=[N+](CC(O)CS(=O)(=O)O)c1ccc(S(=O)(=O)O)cc12. The van der Waals surface area contributed by atoms with Crippen LogP contribution in [-0.4, -0.2) is 88.8 Å². The second-order valence-corrected chi connectivity index (χ2v) is 19.7. The average molecular weight is 838 g/mol. The molecule has 2 heterocycles. The second kappa shape index (κ2) is 14.7. The third-order valence-electron chi connectivity index (χ3n) is 10.6. The molecule has 0 saturated heterocycles. The van der Waals surface area contributed by atoms with Crippen LogP contribution in [0.2, 0.25) is 0 Å². The Morgan fingerprint density at radius 1 is 0.982 bits per heavy atom. The number of β-amino-alcohol motifs (C(OH)–C–C–N with tert-alkyl or cyclic N) is 1. The molecule has 19 heteroatoms. The molecule has 0 bridgehead atoms. The fourth-order valence-corrected chi connectivity index (χ4v) is 10.2. The van der Waals surface area contributed by atoms with Gasteiger partial charge in [0.25, 0.3) is 30.4 Å². The summed E-state index contributed by atoms with van der Waals surface area (Å²) in [5.74, 6) is -2.44. The number of aliphatic hydroxyl groups is 2. The molecule has 55 heavy (non-hydrogen) atoms. The van der Waals surface area contributed by atoms with Crippen LogP contribution in [0.5, 0.6) is 0 Å². The molecule has 2 aromatic carbocycles. The van der Waals surface area contributed by atoms with E-state index in [-0.39, 0.29) is 11.4 Å². The van der Waals surface area contributed by atoms with Crippen molar-refractivity contribution in [3.63, 3.8) is 0 Å². The summed E-state index contributed by atoms with van der Waals surface area (Å²) >= 11 is 0.768. The number of aliphatic hydroxyl groups excluding tert-OH is 2. The van der Waals surface area contributed by atoms with Crippen molar-refractivity contribution in [2.24, 2.45) is 0 Å². The Bertz CT molecular complexity index is 2490. The van der Waals surface area contributed by atoms with Gasteiger partial charge in [0.2, 0.25) is 5.69 Å². The second-order valence-electron chi connectivity index (χ2n) is 14.5. The van der Waals surface area contributed by atoms with Gasteiger partial charge in [0, 0.05) is 45.1 Å². The van der Waals surface area contributed by atoms with Crippen LogP contribution >= 0.6 is 12.0 Å². The van der Waals surface area contributed by atoms with Crippen molar-refractivity contribution < 1.29 is 63.3 Å². The zero-order valence-corrected chi connectivity index (χ0v) is 33.2. The highest BCUT2D eigenvalue weighted by Crippen LogP contribution is 2.57. The number of rotatable bonds is 13. The van der Waals surface area contributed by atoms with Gasteiger partial charge >= 0.3 is 0 Å². The van der Waals surface area contributed by atoms with Gasteiger partial charge in [0.15, 0.2) is 12.3 Å². The minimum atomic E-state index is -4.53. The number of hydrogen-bond acceptors (Lipinski definition) is 12. The first kappa shape index (κ1) is 41.0. The zero-order chi connectivity index (χ0) is 40.3. The summed E-state index contributed by atoms with van der Waals surface area (Å²) in [6.07, 6.45) is 9.86. The first-order valence-corrected chi connectivity index (χ1v) is 22.4. The molecule has 1 fully saturated rings. The third-order valence-corrected chi connectivity index (χ3v) is 13.4. The predicted octanol–water partition coefficient (Wildman–Crippen LogP) is 5.37. The van der Waals surface area contributed by atoms with E-state index < -0.39 is 64.6 Å². The summed E-state index contributed by atoms with van der Waals surface area (Å²) in [6, 6.07) is 9.46. The maximum atomic E-state index is 12.0. The molecule has 296 valence electrons. The van der Waals surface area contributed by atoms with Crippen LogP contribution in [0.3, 0.4) is 0 Å². The lowest BCUT2D eigenvalue weighted by atomic mass is 9.81. The summed E-state index contributed by atoms with van der Waals surface area (Å²) in [7, 11) is -13.5. The van der Waals surface area contributed by atoms with Crippen LogP contribution in [0, 0.1) is 0 Å². The Morgan fingerprint density at radius 2 is 1.69 bits per heavy atom. The van der Waals surface area contributed by atoms with Gasteiger partial charge in [-0.3, -0.25) is 13.7 Å². The van der Waals surface area contributed by atoms with Crippen LogP contribution < -0.4 is 4.90 Å². The van der Waals surface area contributed by atoms with E-state index in [1.54, 1.807) is 21.6 Å². The monoisotopic (exact) mass is 837 g/mol. The molecule has 4 aliphatic rings. The molecular formula is C36H41N2O13S4+. The van der Waals surface area contributed by atoms with Crippen molar-refractivity contribution in [1.29, 1.82) is 0 Å². The Hall–Kier alpha value is -3.63. The van der Waals surface area contributed by atoms with Crippen LogP contribution in [0.25, 0.3) is 0 Å². The number of anilines is 1. The van der Waals surface area contributed by atoms with Gasteiger partial charge in [0.05, 0.1) is 22.4 Å². The summed E-state index contributed by atoms with van der Waals surface area (Å²) in [5, 5.41) is 30.3. The fraction of sp³-hybridized carbons (Fsp3) is 0.361. The molecule has 0 spiro atoms. The van der Waals surface area contributed by atoms with E-state index in [1.807, 2.05) is 51.1 Å². The average Bonchev–Trinajstić information content (AvgIpc) is 3.72. The number of hydrogen-bond donors (Lipinski definition) is 6. The molecule has 3 atom stereocenters. The molecule has 2 aromatic rings. The van der Waals surface area contributed by atoms with Gasteiger partial charge in [-0.25, -0.2) is 5.26 Å². The fourth-order valence-electron chi connectivity index (χ4n) is 8.27. The van der Waals surface area contributed by atoms with Crippen molar-refractivity contribution in [2.45, 2.75) is 73.2 Å². The number of fused-ring (bicyclic) bond motifs is 6. The van der Waals surface area contributed by atoms with Crippen molar-refractivity contribution in [2.75, 3.05) is 23.0 Å². The maximum Gasteiger partial charge on any atom is 0.294 e. The molecule has 0 radical (unpaired) electrons. The smallest absolute Gasteiger partial charge is 0.294 e. The molecule has 15 nitrogen and oxygen atoms in total. The Kier molecular flexibility index (Phi) is 11.0. The third kappa shape index (κ3) is 8.27. The van der Waals surface area contributed by atoms with E-state index in [0.717, 1.165) is 45.7 Å². The summed E-state index contributed by atoms with van der Waals surface area (Å²) in [6.45, 7) is 5.62. The summed E-state index contributed by atoms with van der Waals surface area (Å²) in [4.78, 5) is 2.04. The molecule has 6 N–H and O–H groups in total. The first-order valence-electron chi connectivity index (χ1n) is 17.0. The molecule has 1 saturated carbocycles. The highest BCUT2D eigenvalue weighted by atomic mass is 32.2. The molecule has 2 aliphatic heterocycles. The molecule has 6 rings (SSSR count). The van der Waals surface area contributed by atoms with Gasteiger partial charge in [0.1, 0.15) is 23.4 Å². The van der Waals surface area contributed by atoms with Crippen LogP contribution in [0.1, 0.15) is 57.6 Å².